The molecular formula is C16H24N4O3. The van der Waals surface area contributed by atoms with Crippen LogP contribution in [0.25, 0.3) is 0 Å². The molecule has 0 atom stereocenters. The molecular weight excluding hydrogens is 296 g/mol. The predicted octanol–water partition coefficient (Wildman–Crippen LogP) is 1.73. The summed E-state index contributed by atoms with van der Waals surface area (Å²) in [5, 5.41) is 13.9. The topological polar surface area (TPSA) is 78.7 Å². The minimum absolute atomic E-state index is 0.0264. The number of amides is 1. The van der Waals surface area contributed by atoms with Gasteiger partial charge in [-0.1, -0.05) is 0 Å². The molecule has 0 saturated carbocycles. The second kappa shape index (κ2) is 7.41. The van der Waals surface area contributed by atoms with E-state index in [0.29, 0.717) is 17.2 Å². The molecule has 1 fully saturated rings. The maximum atomic E-state index is 11.7. The molecule has 0 radical (unpaired) electrons. The van der Waals surface area contributed by atoms with E-state index >= 15 is 0 Å². The molecule has 2 rings (SSSR count). The third-order valence-electron chi connectivity index (χ3n) is 4.44. The Morgan fingerprint density at radius 3 is 2.65 bits per heavy atom. The zero-order chi connectivity index (χ0) is 17.0. The first-order valence-electron chi connectivity index (χ1n) is 7.82. The van der Waals surface area contributed by atoms with E-state index in [4.69, 9.17) is 0 Å². The molecule has 0 aliphatic carbocycles. The van der Waals surface area contributed by atoms with Crippen LogP contribution in [0.3, 0.4) is 0 Å². The zero-order valence-electron chi connectivity index (χ0n) is 13.9. The minimum atomic E-state index is -0.424. The Labute approximate surface area is 136 Å². The van der Waals surface area contributed by atoms with Crippen LogP contribution < -0.4 is 10.2 Å². The molecule has 1 amide bonds. The zero-order valence-corrected chi connectivity index (χ0v) is 13.9. The fourth-order valence-corrected chi connectivity index (χ4v) is 3.01. The predicted molar refractivity (Wildman–Crippen MR) is 90.0 cm³/mol. The van der Waals surface area contributed by atoms with Crippen LogP contribution >= 0.6 is 0 Å². The summed E-state index contributed by atoms with van der Waals surface area (Å²) in [5.41, 5.74) is 0.832. The lowest BCUT2D eigenvalue weighted by Crippen LogP contribution is -2.35. The van der Waals surface area contributed by atoms with Crippen molar-refractivity contribution >= 4 is 17.3 Å². The van der Waals surface area contributed by atoms with Crippen molar-refractivity contribution in [3.63, 3.8) is 0 Å². The Hall–Kier alpha value is -2.15. The van der Waals surface area contributed by atoms with Crippen LogP contribution in [0.2, 0.25) is 0 Å². The molecule has 0 spiro atoms. The highest BCUT2D eigenvalue weighted by molar-refractivity contribution is 5.95. The lowest BCUT2D eigenvalue weighted by molar-refractivity contribution is -0.384. The maximum absolute atomic E-state index is 11.7. The molecule has 0 unspecified atom stereocenters. The Kier molecular flexibility index (Phi) is 5.54. The fraction of sp³-hybridized carbons (Fsp3) is 0.562. The summed E-state index contributed by atoms with van der Waals surface area (Å²) in [5.74, 6) is 0.215. The number of hydrogen-bond donors (Lipinski definition) is 1. The molecule has 7 heteroatoms. The number of nitro groups is 1. The standard InChI is InChI=1S/C16H24N4O3/c1-17-16(21)13-4-5-14(15(10-13)20(22)23)19(3)11-12-6-8-18(2)9-7-12/h4-5,10,12H,6-9,11H2,1-3H3,(H,17,21). The van der Waals surface area contributed by atoms with Crippen molar-refractivity contribution in [3.05, 3.63) is 33.9 Å². The molecule has 0 aromatic heterocycles. The fourth-order valence-electron chi connectivity index (χ4n) is 3.01. The number of anilines is 1. The van der Waals surface area contributed by atoms with Crippen LogP contribution in [0.5, 0.6) is 0 Å². The molecule has 1 aromatic rings. The van der Waals surface area contributed by atoms with Crippen molar-refractivity contribution in [1.29, 1.82) is 0 Å². The number of rotatable bonds is 5. The first-order chi connectivity index (χ1) is 10.9. The van der Waals surface area contributed by atoms with Gasteiger partial charge in [0.1, 0.15) is 5.69 Å². The second-order valence-electron chi connectivity index (χ2n) is 6.17. The van der Waals surface area contributed by atoms with Gasteiger partial charge >= 0.3 is 0 Å². The van der Waals surface area contributed by atoms with Crippen LogP contribution in [0.15, 0.2) is 18.2 Å². The van der Waals surface area contributed by atoms with Crippen molar-refractivity contribution in [2.75, 3.05) is 45.7 Å². The molecule has 0 bridgehead atoms. The molecule has 1 saturated heterocycles. The highest BCUT2D eigenvalue weighted by Crippen LogP contribution is 2.30. The van der Waals surface area contributed by atoms with E-state index in [2.05, 4.69) is 17.3 Å². The van der Waals surface area contributed by atoms with Gasteiger partial charge in [0, 0.05) is 32.3 Å². The molecule has 1 aliphatic heterocycles. The summed E-state index contributed by atoms with van der Waals surface area (Å²) in [6.07, 6.45) is 2.20. The third-order valence-corrected chi connectivity index (χ3v) is 4.44. The molecule has 1 heterocycles. The molecule has 126 valence electrons. The average Bonchev–Trinajstić information content (AvgIpc) is 2.55. The van der Waals surface area contributed by atoms with Crippen LogP contribution in [-0.2, 0) is 0 Å². The number of nitrogens with zero attached hydrogens (tertiary/aromatic N) is 3. The summed E-state index contributed by atoms with van der Waals surface area (Å²) in [7, 11) is 5.50. The van der Waals surface area contributed by atoms with Crippen LogP contribution in [-0.4, -0.2) is 56.5 Å². The van der Waals surface area contributed by atoms with E-state index in [1.165, 1.54) is 13.1 Å². The number of piperidine rings is 1. The van der Waals surface area contributed by atoms with Crippen LogP contribution in [0.1, 0.15) is 23.2 Å². The van der Waals surface area contributed by atoms with E-state index in [9.17, 15) is 14.9 Å². The monoisotopic (exact) mass is 320 g/mol. The summed E-state index contributed by atoms with van der Waals surface area (Å²) in [6, 6.07) is 4.64. The molecule has 1 N–H and O–H groups in total. The van der Waals surface area contributed by atoms with Crippen molar-refractivity contribution in [2.45, 2.75) is 12.8 Å². The molecule has 7 nitrogen and oxygen atoms in total. The summed E-state index contributed by atoms with van der Waals surface area (Å²) in [6.45, 7) is 2.92. The number of hydrogen-bond acceptors (Lipinski definition) is 5. The molecule has 1 aromatic carbocycles. The van der Waals surface area contributed by atoms with E-state index < -0.39 is 4.92 Å². The van der Waals surface area contributed by atoms with Gasteiger partial charge < -0.3 is 15.1 Å². The number of likely N-dealkylation sites (tertiary alicyclic amines) is 1. The quantitative estimate of drug-likeness (QED) is 0.660. The average molecular weight is 320 g/mol. The lowest BCUT2D eigenvalue weighted by atomic mass is 9.96. The van der Waals surface area contributed by atoms with Gasteiger partial charge in [-0.2, -0.15) is 0 Å². The van der Waals surface area contributed by atoms with Gasteiger partial charge in [-0.25, -0.2) is 0 Å². The van der Waals surface area contributed by atoms with Crippen molar-refractivity contribution in [3.8, 4) is 0 Å². The normalized spacial score (nSPS) is 16.1. The Balaban J connectivity index is 2.17. The Morgan fingerprint density at radius 2 is 2.09 bits per heavy atom. The third kappa shape index (κ3) is 4.19. The summed E-state index contributed by atoms with van der Waals surface area (Å²) >= 11 is 0. The highest BCUT2D eigenvalue weighted by atomic mass is 16.6. The van der Waals surface area contributed by atoms with E-state index in [1.807, 2.05) is 11.9 Å². The number of nitro benzene ring substituents is 1. The summed E-state index contributed by atoms with van der Waals surface area (Å²) in [4.78, 5) is 26.8. The van der Waals surface area contributed by atoms with Gasteiger partial charge in [-0.3, -0.25) is 14.9 Å². The molecule has 1 aliphatic rings. The van der Waals surface area contributed by atoms with E-state index in [1.54, 1.807) is 12.1 Å². The van der Waals surface area contributed by atoms with Gasteiger partial charge in [0.15, 0.2) is 0 Å². The number of benzene rings is 1. The van der Waals surface area contributed by atoms with Crippen LogP contribution in [0, 0.1) is 16.0 Å². The van der Waals surface area contributed by atoms with Gasteiger partial charge in [0.05, 0.1) is 4.92 Å². The lowest BCUT2D eigenvalue weighted by Gasteiger charge is -2.32. The highest BCUT2D eigenvalue weighted by Gasteiger charge is 2.23. The minimum Gasteiger partial charge on any atom is -0.369 e. The van der Waals surface area contributed by atoms with E-state index in [-0.39, 0.29) is 11.6 Å². The van der Waals surface area contributed by atoms with Crippen molar-refractivity contribution in [1.82, 2.24) is 10.2 Å². The smallest absolute Gasteiger partial charge is 0.293 e. The second-order valence-corrected chi connectivity index (χ2v) is 6.17. The van der Waals surface area contributed by atoms with E-state index in [0.717, 1.165) is 32.5 Å². The number of carbonyl (C=O) groups is 1. The first-order valence-corrected chi connectivity index (χ1v) is 7.82. The summed E-state index contributed by atoms with van der Waals surface area (Å²) < 4.78 is 0. The van der Waals surface area contributed by atoms with Crippen molar-refractivity contribution < 1.29 is 9.72 Å². The first kappa shape index (κ1) is 17.2. The van der Waals surface area contributed by atoms with Crippen LogP contribution in [0.4, 0.5) is 11.4 Å². The van der Waals surface area contributed by atoms with Crippen molar-refractivity contribution in [2.24, 2.45) is 5.92 Å². The maximum Gasteiger partial charge on any atom is 0.293 e. The largest absolute Gasteiger partial charge is 0.369 e. The number of nitrogens with one attached hydrogen (secondary N) is 1. The Bertz CT molecular complexity index is 583. The SMILES string of the molecule is CNC(=O)c1ccc(N(C)CC2CCN(C)CC2)c([N+](=O)[O-])c1. The molecule has 23 heavy (non-hydrogen) atoms. The van der Waals surface area contributed by atoms with Gasteiger partial charge in [0.2, 0.25) is 0 Å². The van der Waals surface area contributed by atoms with Gasteiger partial charge in [-0.05, 0) is 51.0 Å². The Morgan fingerprint density at radius 1 is 1.43 bits per heavy atom. The number of carbonyl (C=O) groups excluding carboxylic acids is 1. The van der Waals surface area contributed by atoms with Gasteiger partial charge in [0.25, 0.3) is 11.6 Å². The van der Waals surface area contributed by atoms with Gasteiger partial charge in [-0.15, -0.1) is 0 Å².